The highest BCUT2D eigenvalue weighted by Crippen LogP contribution is 2.37. The standard InChI is InChI=1S/C15H11ClFN/c16-14-8-1-4-11-5-3-9-18(15(11)14)13-7-2-6-12(17)10-13/h1-8,10H,9H2. The van der Waals surface area contributed by atoms with E-state index in [1.807, 2.05) is 41.3 Å². The first-order valence-corrected chi connectivity index (χ1v) is 6.12. The molecule has 0 spiro atoms. The predicted octanol–water partition coefficient (Wildman–Crippen LogP) is 4.64. The first-order valence-electron chi connectivity index (χ1n) is 5.74. The molecule has 1 nitrogen and oxygen atoms in total. The fourth-order valence-corrected chi connectivity index (χ4v) is 2.49. The van der Waals surface area contributed by atoms with E-state index in [4.69, 9.17) is 11.6 Å². The number of anilines is 2. The van der Waals surface area contributed by atoms with E-state index in [1.165, 1.54) is 12.1 Å². The highest BCUT2D eigenvalue weighted by Gasteiger charge is 2.17. The second-order valence-electron chi connectivity index (χ2n) is 4.17. The Morgan fingerprint density at radius 2 is 1.94 bits per heavy atom. The lowest BCUT2D eigenvalue weighted by atomic mass is 10.1. The zero-order chi connectivity index (χ0) is 12.5. The van der Waals surface area contributed by atoms with Crippen molar-refractivity contribution in [3.8, 4) is 0 Å². The van der Waals surface area contributed by atoms with Crippen LogP contribution in [0.25, 0.3) is 6.08 Å². The minimum Gasteiger partial charge on any atom is -0.336 e. The predicted molar refractivity (Wildman–Crippen MR) is 73.9 cm³/mol. The van der Waals surface area contributed by atoms with Crippen LogP contribution in [0.5, 0.6) is 0 Å². The minimum absolute atomic E-state index is 0.240. The Morgan fingerprint density at radius 3 is 2.78 bits per heavy atom. The first-order chi connectivity index (χ1) is 8.75. The van der Waals surface area contributed by atoms with Crippen molar-refractivity contribution in [3.05, 3.63) is 64.9 Å². The van der Waals surface area contributed by atoms with Gasteiger partial charge in [-0.2, -0.15) is 0 Å². The molecule has 1 heterocycles. The maximum Gasteiger partial charge on any atom is 0.125 e. The van der Waals surface area contributed by atoms with Crippen molar-refractivity contribution in [2.24, 2.45) is 0 Å². The van der Waals surface area contributed by atoms with Gasteiger partial charge in [-0.15, -0.1) is 0 Å². The molecule has 0 fully saturated rings. The van der Waals surface area contributed by atoms with Crippen LogP contribution in [-0.4, -0.2) is 6.54 Å². The van der Waals surface area contributed by atoms with Crippen molar-refractivity contribution in [2.75, 3.05) is 11.4 Å². The van der Waals surface area contributed by atoms with E-state index in [0.29, 0.717) is 11.6 Å². The summed E-state index contributed by atoms with van der Waals surface area (Å²) < 4.78 is 13.3. The van der Waals surface area contributed by atoms with Gasteiger partial charge in [-0.1, -0.05) is 42.0 Å². The lowest BCUT2D eigenvalue weighted by molar-refractivity contribution is 0.627. The van der Waals surface area contributed by atoms with Gasteiger partial charge < -0.3 is 4.90 Å². The summed E-state index contributed by atoms with van der Waals surface area (Å²) in [5, 5.41) is 0.682. The van der Waals surface area contributed by atoms with Crippen LogP contribution < -0.4 is 4.90 Å². The van der Waals surface area contributed by atoms with E-state index in [2.05, 4.69) is 0 Å². The van der Waals surface area contributed by atoms with Gasteiger partial charge in [-0.25, -0.2) is 4.39 Å². The number of fused-ring (bicyclic) bond motifs is 1. The van der Waals surface area contributed by atoms with Crippen LogP contribution in [0.1, 0.15) is 5.56 Å². The van der Waals surface area contributed by atoms with Crippen LogP contribution in [-0.2, 0) is 0 Å². The molecule has 0 saturated carbocycles. The van der Waals surface area contributed by atoms with Gasteiger partial charge in [0, 0.05) is 12.2 Å². The summed E-state index contributed by atoms with van der Waals surface area (Å²) in [5.74, 6) is -0.240. The van der Waals surface area contributed by atoms with Crippen LogP contribution in [0, 0.1) is 5.82 Å². The summed E-state index contributed by atoms with van der Waals surface area (Å²) in [6.45, 7) is 0.695. The molecule has 0 saturated heterocycles. The molecule has 18 heavy (non-hydrogen) atoms. The molecule has 0 bridgehead atoms. The average molecular weight is 260 g/mol. The Balaban J connectivity index is 2.14. The van der Waals surface area contributed by atoms with Crippen molar-refractivity contribution >= 4 is 29.1 Å². The number of halogens is 2. The highest BCUT2D eigenvalue weighted by atomic mass is 35.5. The smallest absolute Gasteiger partial charge is 0.125 e. The molecule has 0 amide bonds. The van der Waals surface area contributed by atoms with Crippen molar-refractivity contribution in [1.29, 1.82) is 0 Å². The summed E-state index contributed by atoms with van der Waals surface area (Å²) in [6, 6.07) is 12.3. The number of nitrogens with zero attached hydrogens (tertiary/aromatic N) is 1. The van der Waals surface area contributed by atoms with Crippen LogP contribution in [0.2, 0.25) is 5.02 Å². The minimum atomic E-state index is -0.240. The third-order valence-electron chi connectivity index (χ3n) is 2.99. The monoisotopic (exact) mass is 259 g/mol. The van der Waals surface area contributed by atoms with E-state index in [0.717, 1.165) is 16.9 Å². The molecule has 0 atom stereocenters. The van der Waals surface area contributed by atoms with Gasteiger partial charge in [0.25, 0.3) is 0 Å². The van der Waals surface area contributed by atoms with Gasteiger partial charge in [-0.3, -0.25) is 0 Å². The lowest BCUT2D eigenvalue weighted by Crippen LogP contribution is -2.20. The molecule has 3 rings (SSSR count). The molecular weight excluding hydrogens is 249 g/mol. The molecule has 0 aliphatic carbocycles. The fourth-order valence-electron chi connectivity index (χ4n) is 2.21. The fraction of sp³-hybridized carbons (Fsp3) is 0.0667. The first kappa shape index (κ1) is 11.3. The largest absolute Gasteiger partial charge is 0.336 e. The number of hydrogen-bond acceptors (Lipinski definition) is 1. The number of hydrogen-bond donors (Lipinski definition) is 0. The van der Waals surface area contributed by atoms with Crippen LogP contribution in [0.15, 0.2) is 48.5 Å². The van der Waals surface area contributed by atoms with E-state index < -0.39 is 0 Å². The zero-order valence-corrected chi connectivity index (χ0v) is 10.4. The van der Waals surface area contributed by atoms with E-state index in [-0.39, 0.29) is 5.82 Å². The number of benzene rings is 2. The molecule has 0 radical (unpaired) electrons. The van der Waals surface area contributed by atoms with Crippen LogP contribution in [0.3, 0.4) is 0 Å². The third-order valence-corrected chi connectivity index (χ3v) is 3.30. The average Bonchev–Trinajstić information content (AvgIpc) is 2.38. The Bertz CT molecular complexity index is 622. The second-order valence-corrected chi connectivity index (χ2v) is 4.58. The van der Waals surface area contributed by atoms with Crippen LogP contribution >= 0.6 is 11.6 Å². The second kappa shape index (κ2) is 4.46. The van der Waals surface area contributed by atoms with Crippen molar-refractivity contribution in [2.45, 2.75) is 0 Å². The van der Waals surface area contributed by atoms with Crippen molar-refractivity contribution < 1.29 is 4.39 Å². The Hall–Kier alpha value is -1.80. The molecule has 1 aliphatic heterocycles. The zero-order valence-electron chi connectivity index (χ0n) is 9.61. The molecule has 0 unspecified atom stereocenters. The molecule has 1 aliphatic rings. The molecule has 3 heteroatoms. The normalized spacial score (nSPS) is 13.6. The summed E-state index contributed by atoms with van der Waals surface area (Å²) in [6.07, 6.45) is 4.08. The van der Waals surface area contributed by atoms with Gasteiger partial charge in [0.1, 0.15) is 5.82 Å². The van der Waals surface area contributed by atoms with E-state index in [1.54, 1.807) is 6.07 Å². The quantitative estimate of drug-likeness (QED) is 0.721. The maximum absolute atomic E-state index is 13.3. The summed E-state index contributed by atoms with van der Waals surface area (Å²) in [7, 11) is 0. The molecule has 2 aromatic rings. The van der Waals surface area contributed by atoms with Gasteiger partial charge in [0.05, 0.1) is 10.7 Å². The summed E-state index contributed by atoms with van der Waals surface area (Å²) in [5.41, 5.74) is 2.80. The Labute approximate surface area is 110 Å². The maximum atomic E-state index is 13.3. The molecular formula is C15H11ClFN. The van der Waals surface area contributed by atoms with E-state index >= 15 is 0 Å². The lowest BCUT2D eigenvalue weighted by Gasteiger charge is -2.29. The van der Waals surface area contributed by atoms with Crippen molar-refractivity contribution in [1.82, 2.24) is 0 Å². The van der Waals surface area contributed by atoms with Gasteiger partial charge in [0.15, 0.2) is 0 Å². The molecule has 0 N–H and O–H groups in total. The third kappa shape index (κ3) is 1.89. The highest BCUT2D eigenvalue weighted by molar-refractivity contribution is 6.33. The Kier molecular flexibility index (Phi) is 2.80. The topological polar surface area (TPSA) is 3.24 Å². The number of rotatable bonds is 1. The van der Waals surface area contributed by atoms with Gasteiger partial charge in [-0.05, 0) is 29.8 Å². The number of para-hydroxylation sites is 1. The molecule has 2 aromatic carbocycles. The van der Waals surface area contributed by atoms with Gasteiger partial charge >= 0.3 is 0 Å². The SMILES string of the molecule is Fc1cccc(N2CC=Cc3cccc(Cl)c32)c1. The van der Waals surface area contributed by atoms with Crippen LogP contribution in [0.4, 0.5) is 15.8 Å². The summed E-state index contributed by atoms with van der Waals surface area (Å²) in [4.78, 5) is 2.01. The Morgan fingerprint density at radius 1 is 1.11 bits per heavy atom. The van der Waals surface area contributed by atoms with E-state index in [9.17, 15) is 4.39 Å². The molecule has 90 valence electrons. The summed E-state index contributed by atoms with van der Waals surface area (Å²) >= 11 is 6.26. The van der Waals surface area contributed by atoms with Crippen molar-refractivity contribution in [3.63, 3.8) is 0 Å². The van der Waals surface area contributed by atoms with Gasteiger partial charge in [0.2, 0.25) is 0 Å². The molecule has 0 aromatic heterocycles.